The molecule has 0 radical (unpaired) electrons. The Kier molecular flexibility index (Phi) is 4.22. The van der Waals surface area contributed by atoms with E-state index in [1.807, 2.05) is 13.0 Å². The highest BCUT2D eigenvalue weighted by atomic mass is 32.2. The molecule has 0 saturated heterocycles. The maximum atomic E-state index is 12.8. The number of aryl methyl sites for hydroxylation is 1. The number of benzene rings is 2. The van der Waals surface area contributed by atoms with E-state index < -0.39 is 5.97 Å². The Hall–Kier alpha value is -1.81. The lowest BCUT2D eigenvalue weighted by Gasteiger charge is -2.07. The molecule has 0 fully saturated rings. The summed E-state index contributed by atoms with van der Waals surface area (Å²) in [4.78, 5) is 11.8. The zero-order valence-electron chi connectivity index (χ0n) is 10.4. The largest absolute Gasteiger partial charge is 0.478 e. The van der Waals surface area contributed by atoms with Crippen molar-refractivity contribution in [3.8, 4) is 0 Å². The summed E-state index contributed by atoms with van der Waals surface area (Å²) in [6.45, 7) is 1.90. The average molecular weight is 276 g/mol. The topological polar surface area (TPSA) is 37.3 Å². The first-order valence-electron chi connectivity index (χ1n) is 5.77. The number of carboxylic acids is 1. The van der Waals surface area contributed by atoms with Crippen LogP contribution in [0.5, 0.6) is 0 Å². The molecular weight excluding hydrogens is 263 g/mol. The van der Waals surface area contributed by atoms with E-state index in [2.05, 4.69) is 0 Å². The Morgan fingerprint density at radius 3 is 2.47 bits per heavy atom. The summed E-state index contributed by atoms with van der Waals surface area (Å²) in [5.41, 5.74) is 2.34. The van der Waals surface area contributed by atoms with Gasteiger partial charge in [-0.15, -0.1) is 11.8 Å². The summed E-state index contributed by atoms with van der Waals surface area (Å²) >= 11 is 1.60. The molecule has 2 nitrogen and oxygen atoms in total. The zero-order valence-corrected chi connectivity index (χ0v) is 11.2. The van der Waals surface area contributed by atoms with Crippen LogP contribution in [0.3, 0.4) is 0 Å². The number of aromatic carboxylic acids is 1. The van der Waals surface area contributed by atoms with Crippen molar-refractivity contribution >= 4 is 17.7 Å². The summed E-state index contributed by atoms with van der Waals surface area (Å²) in [5, 5.41) is 8.89. The molecule has 0 aliphatic carbocycles. The van der Waals surface area contributed by atoms with Gasteiger partial charge in [0, 0.05) is 10.6 Å². The minimum absolute atomic E-state index is 0.244. The van der Waals surface area contributed by atoms with Crippen LogP contribution in [0.15, 0.2) is 47.4 Å². The standard InChI is InChI=1S/C15H13FO2S/c1-10-8-11(15(17)18)2-3-12(10)9-19-14-6-4-13(16)5-7-14/h2-8H,9H2,1H3,(H,17,18). The second-order valence-corrected chi connectivity index (χ2v) is 5.24. The molecule has 0 atom stereocenters. The van der Waals surface area contributed by atoms with Gasteiger partial charge in [0.05, 0.1) is 5.56 Å². The maximum absolute atomic E-state index is 12.8. The second-order valence-electron chi connectivity index (χ2n) is 4.19. The third kappa shape index (κ3) is 3.58. The van der Waals surface area contributed by atoms with E-state index in [0.29, 0.717) is 5.56 Å². The van der Waals surface area contributed by atoms with Gasteiger partial charge in [0.15, 0.2) is 0 Å². The van der Waals surface area contributed by atoms with Crippen molar-refractivity contribution in [3.63, 3.8) is 0 Å². The van der Waals surface area contributed by atoms with Gasteiger partial charge in [-0.05, 0) is 54.4 Å². The van der Waals surface area contributed by atoms with E-state index in [1.54, 1.807) is 36.0 Å². The summed E-state index contributed by atoms with van der Waals surface area (Å²) in [6, 6.07) is 11.4. The molecule has 0 spiro atoms. The fourth-order valence-electron chi connectivity index (χ4n) is 1.68. The lowest BCUT2D eigenvalue weighted by molar-refractivity contribution is 0.0697. The van der Waals surface area contributed by atoms with Gasteiger partial charge >= 0.3 is 5.97 Å². The lowest BCUT2D eigenvalue weighted by Crippen LogP contribution is -1.98. The van der Waals surface area contributed by atoms with Crippen LogP contribution in [0.25, 0.3) is 0 Å². The van der Waals surface area contributed by atoms with E-state index in [9.17, 15) is 9.18 Å². The fraction of sp³-hybridized carbons (Fsp3) is 0.133. The summed E-state index contributed by atoms with van der Waals surface area (Å²) < 4.78 is 12.8. The molecule has 2 rings (SSSR count). The van der Waals surface area contributed by atoms with Crippen LogP contribution in [0.4, 0.5) is 4.39 Å². The molecule has 19 heavy (non-hydrogen) atoms. The first kappa shape index (κ1) is 13.6. The molecule has 0 aromatic heterocycles. The molecule has 0 aliphatic rings. The fourth-order valence-corrected chi connectivity index (χ4v) is 2.66. The molecule has 0 unspecified atom stereocenters. The Balaban J connectivity index is 2.07. The van der Waals surface area contributed by atoms with Gasteiger partial charge in [-0.3, -0.25) is 0 Å². The predicted octanol–water partition coefficient (Wildman–Crippen LogP) is 4.12. The van der Waals surface area contributed by atoms with E-state index in [4.69, 9.17) is 5.11 Å². The van der Waals surface area contributed by atoms with Gasteiger partial charge in [0.2, 0.25) is 0 Å². The molecule has 1 N–H and O–H groups in total. The van der Waals surface area contributed by atoms with Crippen molar-refractivity contribution in [1.29, 1.82) is 0 Å². The number of rotatable bonds is 4. The van der Waals surface area contributed by atoms with Crippen molar-refractivity contribution in [2.45, 2.75) is 17.6 Å². The zero-order chi connectivity index (χ0) is 13.8. The van der Waals surface area contributed by atoms with Gasteiger partial charge in [-0.2, -0.15) is 0 Å². The Bertz CT molecular complexity index is 594. The van der Waals surface area contributed by atoms with Crippen LogP contribution >= 0.6 is 11.8 Å². The molecule has 98 valence electrons. The van der Waals surface area contributed by atoms with Gasteiger partial charge in [-0.25, -0.2) is 9.18 Å². The smallest absolute Gasteiger partial charge is 0.335 e. The van der Waals surface area contributed by atoms with Crippen LogP contribution in [0.2, 0.25) is 0 Å². The highest BCUT2D eigenvalue weighted by Crippen LogP contribution is 2.25. The van der Waals surface area contributed by atoms with Crippen molar-refractivity contribution in [1.82, 2.24) is 0 Å². The molecular formula is C15H13FO2S. The predicted molar refractivity (Wildman–Crippen MR) is 74.1 cm³/mol. The van der Waals surface area contributed by atoms with Gasteiger partial charge in [0.25, 0.3) is 0 Å². The second kappa shape index (κ2) is 5.89. The third-order valence-electron chi connectivity index (χ3n) is 2.80. The van der Waals surface area contributed by atoms with Crippen molar-refractivity contribution in [3.05, 3.63) is 65.0 Å². The van der Waals surface area contributed by atoms with Crippen LogP contribution in [-0.2, 0) is 5.75 Å². The van der Waals surface area contributed by atoms with E-state index in [-0.39, 0.29) is 5.82 Å². The Labute approximate surface area is 115 Å². The van der Waals surface area contributed by atoms with Crippen molar-refractivity contribution in [2.75, 3.05) is 0 Å². The summed E-state index contributed by atoms with van der Waals surface area (Å²) in [5.74, 6) is -0.427. The minimum Gasteiger partial charge on any atom is -0.478 e. The van der Waals surface area contributed by atoms with Crippen LogP contribution in [0, 0.1) is 12.7 Å². The number of halogens is 1. The summed E-state index contributed by atoms with van der Waals surface area (Å²) in [7, 11) is 0. The minimum atomic E-state index is -0.916. The first-order valence-corrected chi connectivity index (χ1v) is 6.76. The molecule has 0 heterocycles. The van der Waals surface area contributed by atoms with Gasteiger partial charge < -0.3 is 5.11 Å². The maximum Gasteiger partial charge on any atom is 0.335 e. The number of carbonyl (C=O) groups is 1. The van der Waals surface area contributed by atoms with Crippen LogP contribution in [0.1, 0.15) is 21.5 Å². The van der Waals surface area contributed by atoms with Gasteiger partial charge in [-0.1, -0.05) is 6.07 Å². The number of hydrogen-bond acceptors (Lipinski definition) is 2. The van der Waals surface area contributed by atoms with Crippen molar-refractivity contribution < 1.29 is 14.3 Å². The van der Waals surface area contributed by atoms with E-state index >= 15 is 0 Å². The highest BCUT2D eigenvalue weighted by molar-refractivity contribution is 7.98. The average Bonchev–Trinajstić information content (AvgIpc) is 2.39. The number of thioether (sulfide) groups is 1. The van der Waals surface area contributed by atoms with Crippen molar-refractivity contribution in [2.24, 2.45) is 0 Å². The molecule has 0 amide bonds. The molecule has 4 heteroatoms. The first-order chi connectivity index (χ1) is 9.06. The van der Waals surface area contributed by atoms with Crippen LogP contribution in [-0.4, -0.2) is 11.1 Å². The third-order valence-corrected chi connectivity index (χ3v) is 3.86. The molecule has 0 saturated carbocycles. The number of hydrogen-bond donors (Lipinski definition) is 1. The SMILES string of the molecule is Cc1cc(C(=O)O)ccc1CSc1ccc(F)cc1. The Morgan fingerprint density at radius 2 is 1.89 bits per heavy atom. The molecule has 2 aromatic carbocycles. The van der Waals surface area contributed by atoms with Gasteiger partial charge in [0.1, 0.15) is 5.82 Å². The Morgan fingerprint density at radius 1 is 1.21 bits per heavy atom. The lowest BCUT2D eigenvalue weighted by atomic mass is 10.1. The molecule has 0 aliphatic heterocycles. The quantitative estimate of drug-likeness (QED) is 0.853. The normalized spacial score (nSPS) is 10.4. The monoisotopic (exact) mass is 276 g/mol. The van der Waals surface area contributed by atoms with Crippen LogP contribution < -0.4 is 0 Å². The summed E-state index contributed by atoms with van der Waals surface area (Å²) in [6.07, 6.45) is 0. The number of carboxylic acid groups (broad SMARTS) is 1. The highest BCUT2D eigenvalue weighted by Gasteiger charge is 2.06. The van der Waals surface area contributed by atoms with E-state index in [1.165, 1.54) is 12.1 Å². The van der Waals surface area contributed by atoms with E-state index in [0.717, 1.165) is 21.8 Å². The molecule has 0 bridgehead atoms. The molecule has 2 aromatic rings.